The lowest BCUT2D eigenvalue weighted by molar-refractivity contribution is -0.374. The van der Waals surface area contributed by atoms with Gasteiger partial charge in [-0.1, -0.05) is 43.8 Å². The molecule has 5 N–H and O–H groups in total. The zero-order chi connectivity index (χ0) is 33.4. The smallest absolute Gasteiger partial charge is 0.344 e. The number of esters is 2. The molecule has 0 spiro atoms. The molecule has 2 fully saturated rings. The SMILES string of the molecule is C=C(CC[C@@]12O[C@H](C(=O)O)[C@@](O)(C(=O)O)[C@@](C(=O)O)(O1)[C@H](OC(=O)C(C)(C)C)[C@H]2O)C(OC(C)=O)C(C)Cc1ccccc1. The van der Waals surface area contributed by atoms with Gasteiger partial charge >= 0.3 is 29.8 Å². The van der Waals surface area contributed by atoms with E-state index in [1.54, 1.807) is 6.92 Å². The molecule has 14 heteroatoms. The van der Waals surface area contributed by atoms with Crippen molar-refractivity contribution in [2.45, 2.75) is 95.3 Å². The van der Waals surface area contributed by atoms with Crippen LogP contribution in [-0.4, -0.2) is 96.8 Å². The molecule has 0 amide bonds. The summed E-state index contributed by atoms with van der Waals surface area (Å²) in [7, 11) is 0. The molecule has 14 nitrogen and oxygen atoms in total. The maximum absolute atomic E-state index is 12.9. The number of aliphatic carboxylic acids is 3. The van der Waals surface area contributed by atoms with Crippen molar-refractivity contribution in [2.24, 2.45) is 11.3 Å². The molecular formula is C30H38O14. The summed E-state index contributed by atoms with van der Waals surface area (Å²) in [6.45, 7) is 11.2. The van der Waals surface area contributed by atoms with E-state index < -0.39 is 83.1 Å². The van der Waals surface area contributed by atoms with E-state index in [1.165, 1.54) is 27.7 Å². The molecule has 2 heterocycles. The molecule has 0 radical (unpaired) electrons. The Bertz CT molecular complexity index is 1320. The van der Waals surface area contributed by atoms with E-state index in [0.29, 0.717) is 6.42 Å². The Morgan fingerprint density at radius 1 is 1.05 bits per heavy atom. The van der Waals surface area contributed by atoms with Crippen molar-refractivity contribution < 1.29 is 68.5 Å². The zero-order valence-electron chi connectivity index (χ0n) is 25.0. The summed E-state index contributed by atoms with van der Waals surface area (Å²) >= 11 is 0. The highest BCUT2D eigenvalue weighted by molar-refractivity contribution is 5.98. The maximum atomic E-state index is 12.9. The number of hydrogen-bond donors (Lipinski definition) is 5. The highest BCUT2D eigenvalue weighted by Crippen LogP contribution is 2.56. The lowest BCUT2D eigenvalue weighted by Crippen LogP contribution is -2.78. The molecule has 1 aromatic carbocycles. The van der Waals surface area contributed by atoms with Gasteiger partial charge in [0.25, 0.3) is 0 Å². The van der Waals surface area contributed by atoms with Gasteiger partial charge in [0.2, 0.25) is 23.1 Å². The lowest BCUT2D eigenvalue weighted by Gasteiger charge is -2.48. The quantitative estimate of drug-likeness (QED) is 0.164. The predicted octanol–water partition coefficient (Wildman–Crippen LogP) is 1.30. The molecule has 0 aromatic heterocycles. The van der Waals surface area contributed by atoms with E-state index in [1.807, 2.05) is 30.3 Å². The molecule has 3 rings (SSSR count). The van der Waals surface area contributed by atoms with Crippen LogP contribution in [0, 0.1) is 11.3 Å². The van der Waals surface area contributed by atoms with E-state index in [9.17, 15) is 49.5 Å². The minimum atomic E-state index is -3.88. The highest BCUT2D eigenvalue weighted by Gasteiger charge is 2.86. The summed E-state index contributed by atoms with van der Waals surface area (Å²) in [4.78, 5) is 62.3. The van der Waals surface area contributed by atoms with E-state index >= 15 is 0 Å². The summed E-state index contributed by atoms with van der Waals surface area (Å²) < 4.78 is 21.9. The number of aliphatic hydroxyl groups is 2. The average molecular weight is 623 g/mol. The Morgan fingerprint density at radius 2 is 1.64 bits per heavy atom. The molecule has 2 aliphatic heterocycles. The molecule has 1 aromatic rings. The number of rotatable bonds is 12. The first kappa shape index (κ1) is 34.6. The van der Waals surface area contributed by atoms with Crippen molar-refractivity contribution in [2.75, 3.05) is 0 Å². The Morgan fingerprint density at radius 3 is 2.11 bits per heavy atom. The van der Waals surface area contributed by atoms with Crippen LogP contribution in [0.1, 0.15) is 53.0 Å². The summed E-state index contributed by atoms with van der Waals surface area (Å²) in [5.41, 5.74) is -7.54. The van der Waals surface area contributed by atoms with Crippen LogP contribution in [-0.2, 0) is 49.3 Å². The van der Waals surface area contributed by atoms with Gasteiger partial charge in [-0.15, -0.1) is 0 Å². The molecular weight excluding hydrogens is 584 g/mol. The van der Waals surface area contributed by atoms with Crippen LogP contribution in [0.2, 0.25) is 0 Å². The first-order chi connectivity index (χ1) is 20.2. The zero-order valence-corrected chi connectivity index (χ0v) is 25.0. The van der Waals surface area contributed by atoms with Gasteiger partial charge in [-0.05, 0) is 44.7 Å². The van der Waals surface area contributed by atoms with Gasteiger partial charge in [-0.25, -0.2) is 14.4 Å². The van der Waals surface area contributed by atoms with Gasteiger partial charge in [-0.3, -0.25) is 9.59 Å². The third kappa shape index (κ3) is 5.94. The minimum absolute atomic E-state index is 0.235. The van der Waals surface area contributed by atoms with Crippen LogP contribution in [0.5, 0.6) is 0 Å². The van der Waals surface area contributed by atoms with Crippen LogP contribution in [0.4, 0.5) is 0 Å². The number of hydrogen-bond acceptors (Lipinski definition) is 11. The normalized spacial score (nSPS) is 30.9. The molecule has 2 aliphatic rings. The Kier molecular flexibility index (Phi) is 9.66. The number of aliphatic hydroxyl groups excluding tert-OH is 1. The third-order valence-corrected chi connectivity index (χ3v) is 7.86. The van der Waals surface area contributed by atoms with Gasteiger partial charge in [-0.2, -0.15) is 0 Å². The van der Waals surface area contributed by atoms with Crippen LogP contribution in [0.25, 0.3) is 0 Å². The highest BCUT2D eigenvalue weighted by atomic mass is 16.8. The molecule has 8 atom stereocenters. The van der Waals surface area contributed by atoms with Crippen molar-refractivity contribution in [3.05, 3.63) is 48.0 Å². The Hall–Kier alpha value is -3.85. The molecule has 242 valence electrons. The lowest BCUT2D eigenvalue weighted by atomic mass is 9.74. The van der Waals surface area contributed by atoms with Crippen molar-refractivity contribution in [1.29, 1.82) is 0 Å². The second-order valence-electron chi connectivity index (χ2n) is 12.2. The predicted molar refractivity (Wildman–Crippen MR) is 148 cm³/mol. The molecule has 0 saturated carbocycles. The summed E-state index contributed by atoms with van der Waals surface area (Å²) in [5, 5.41) is 52.9. The van der Waals surface area contributed by atoms with E-state index in [0.717, 1.165) is 5.56 Å². The summed E-state index contributed by atoms with van der Waals surface area (Å²) in [6, 6.07) is 9.27. The van der Waals surface area contributed by atoms with Crippen LogP contribution in [0.15, 0.2) is 42.5 Å². The molecule has 2 unspecified atom stereocenters. The minimum Gasteiger partial charge on any atom is -0.479 e. The molecule has 2 saturated heterocycles. The number of carbonyl (C=O) groups excluding carboxylic acids is 2. The fourth-order valence-corrected chi connectivity index (χ4v) is 5.59. The van der Waals surface area contributed by atoms with Crippen molar-refractivity contribution >= 4 is 29.8 Å². The van der Waals surface area contributed by atoms with Crippen molar-refractivity contribution in [3.63, 3.8) is 0 Å². The maximum Gasteiger partial charge on any atom is 0.344 e. The second-order valence-corrected chi connectivity index (χ2v) is 12.2. The van der Waals surface area contributed by atoms with Gasteiger partial charge in [0.15, 0.2) is 6.10 Å². The van der Waals surface area contributed by atoms with Gasteiger partial charge in [0, 0.05) is 19.3 Å². The van der Waals surface area contributed by atoms with Crippen molar-refractivity contribution in [3.8, 4) is 0 Å². The second kappa shape index (κ2) is 12.3. The Labute approximate surface area is 253 Å². The van der Waals surface area contributed by atoms with Crippen LogP contribution in [0.3, 0.4) is 0 Å². The Balaban J connectivity index is 2.06. The van der Waals surface area contributed by atoms with E-state index in [4.69, 9.17) is 18.9 Å². The summed E-state index contributed by atoms with van der Waals surface area (Å²) in [6.07, 6.45) is -8.79. The fraction of sp³-hybridized carbons (Fsp3) is 0.567. The number of fused-ring (bicyclic) bond motifs is 2. The number of carboxylic acids is 3. The largest absolute Gasteiger partial charge is 0.479 e. The van der Waals surface area contributed by atoms with Crippen LogP contribution < -0.4 is 0 Å². The first-order valence-corrected chi connectivity index (χ1v) is 13.8. The van der Waals surface area contributed by atoms with E-state index in [-0.39, 0.29) is 17.9 Å². The monoisotopic (exact) mass is 622 g/mol. The molecule has 44 heavy (non-hydrogen) atoms. The topological polar surface area (TPSA) is 223 Å². The summed E-state index contributed by atoms with van der Waals surface area (Å²) in [5.74, 6) is -11.4. The van der Waals surface area contributed by atoms with Gasteiger partial charge in [0.05, 0.1) is 5.41 Å². The number of carbonyl (C=O) groups is 5. The van der Waals surface area contributed by atoms with Gasteiger partial charge < -0.3 is 44.5 Å². The van der Waals surface area contributed by atoms with Crippen LogP contribution >= 0.6 is 0 Å². The van der Waals surface area contributed by atoms with Gasteiger partial charge in [0.1, 0.15) is 12.2 Å². The number of benzene rings is 1. The fourth-order valence-electron chi connectivity index (χ4n) is 5.59. The first-order valence-electron chi connectivity index (χ1n) is 13.8. The molecule has 0 aliphatic carbocycles. The average Bonchev–Trinajstić information content (AvgIpc) is 3.14. The number of ether oxygens (including phenoxy) is 4. The standard InChI is InChI=1S/C30H38O14/c1-15(19(41-17(3)31)16(2)14-18-10-8-7-9-11-18)12-13-28-20(32)21(42-26(39)27(4,5)6)30(44-28,25(37)38)29(40,24(35)36)22(43-28)23(33)34/h7-11,16,19-22,32,40H,1,12-14H2,2-6H3,(H,33,34)(H,35,36)(H,37,38)/t16?,19?,20-,21-,22-,28-,29-,30-/m1/s1. The number of carboxylic acid groups (broad SMARTS) is 3. The van der Waals surface area contributed by atoms with E-state index in [2.05, 4.69) is 6.58 Å². The van der Waals surface area contributed by atoms with Crippen molar-refractivity contribution in [1.82, 2.24) is 0 Å². The molecule has 2 bridgehead atoms. The third-order valence-electron chi connectivity index (χ3n) is 7.86.